The Balaban J connectivity index is 1.90. The molecule has 0 radical (unpaired) electrons. The predicted octanol–water partition coefficient (Wildman–Crippen LogP) is 1.81. The normalized spacial score (nSPS) is 19.1. The average molecular weight is 329 g/mol. The van der Waals surface area contributed by atoms with Crippen LogP contribution < -0.4 is 10.1 Å². The van der Waals surface area contributed by atoms with Gasteiger partial charge < -0.3 is 15.0 Å². The molecule has 1 aromatic rings. The third kappa shape index (κ3) is 4.05. The second-order valence-corrected chi connectivity index (χ2v) is 5.26. The maximum atomic E-state index is 11.8. The lowest BCUT2D eigenvalue weighted by Gasteiger charge is -2.32. The molecule has 1 saturated heterocycles. The molecule has 2 rings (SSSR count). The fourth-order valence-corrected chi connectivity index (χ4v) is 2.20. The van der Waals surface area contributed by atoms with Crippen molar-refractivity contribution >= 4 is 22.0 Å². The highest BCUT2D eigenvalue weighted by molar-refractivity contribution is 9.10. The lowest BCUT2D eigenvalue weighted by molar-refractivity contribution is 0.0941. The maximum Gasteiger partial charge on any atom is 0.317 e. The number of likely N-dealkylation sites (tertiary alicyclic amines) is 1. The van der Waals surface area contributed by atoms with Crippen LogP contribution in [0.25, 0.3) is 0 Å². The zero-order chi connectivity index (χ0) is 13.7. The summed E-state index contributed by atoms with van der Waals surface area (Å²) in [5, 5.41) is 2.80. The van der Waals surface area contributed by atoms with Crippen LogP contribution in [0, 0.1) is 0 Å². The van der Waals surface area contributed by atoms with Crippen molar-refractivity contribution in [3.63, 3.8) is 0 Å². The van der Waals surface area contributed by atoms with Gasteiger partial charge in [-0.05, 0) is 35.7 Å². The van der Waals surface area contributed by atoms with Gasteiger partial charge in [0.25, 0.3) is 0 Å². The predicted molar refractivity (Wildman–Crippen MR) is 74.0 cm³/mol. The van der Waals surface area contributed by atoms with E-state index in [2.05, 4.69) is 31.2 Å². The smallest absolute Gasteiger partial charge is 0.317 e. The highest BCUT2D eigenvalue weighted by Gasteiger charge is 2.25. The first-order chi connectivity index (χ1) is 9.19. The summed E-state index contributed by atoms with van der Waals surface area (Å²) in [6.45, 7) is 3.89. The zero-order valence-electron chi connectivity index (χ0n) is 10.8. The third-order valence-corrected chi connectivity index (χ3v) is 3.27. The standard InChI is InChI=1S/C12H17BrN4O2/c1-2-14-12(18)17-5-3-4-10(8-17)19-11-15-6-9(13)7-16-11/h6-7,10H,2-5,8H2,1H3,(H,14,18)/t10-/m1/s1. The highest BCUT2D eigenvalue weighted by Crippen LogP contribution is 2.16. The van der Waals surface area contributed by atoms with Gasteiger partial charge >= 0.3 is 12.0 Å². The van der Waals surface area contributed by atoms with Gasteiger partial charge in [0.1, 0.15) is 6.10 Å². The van der Waals surface area contributed by atoms with E-state index in [0.29, 0.717) is 19.1 Å². The van der Waals surface area contributed by atoms with Crippen LogP contribution in [0.5, 0.6) is 6.01 Å². The molecule has 1 aromatic heterocycles. The Labute approximate surface area is 120 Å². The molecule has 6 nitrogen and oxygen atoms in total. The van der Waals surface area contributed by atoms with E-state index in [0.717, 1.165) is 23.9 Å². The number of rotatable bonds is 3. The molecule has 0 unspecified atom stereocenters. The summed E-state index contributed by atoms with van der Waals surface area (Å²) in [6, 6.07) is 0.318. The minimum atomic E-state index is -0.0440. The van der Waals surface area contributed by atoms with Gasteiger partial charge in [0.15, 0.2) is 0 Å². The third-order valence-electron chi connectivity index (χ3n) is 2.86. The molecule has 0 saturated carbocycles. The van der Waals surface area contributed by atoms with Crippen molar-refractivity contribution in [3.8, 4) is 6.01 Å². The molecule has 2 amide bonds. The topological polar surface area (TPSA) is 67.4 Å². The molecule has 1 aliphatic rings. The van der Waals surface area contributed by atoms with E-state index in [1.165, 1.54) is 0 Å². The molecule has 19 heavy (non-hydrogen) atoms. The summed E-state index contributed by atoms with van der Waals surface area (Å²) in [4.78, 5) is 21.7. The van der Waals surface area contributed by atoms with Gasteiger partial charge in [-0.2, -0.15) is 0 Å². The molecular weight excluding hydrogens is 312 g/mol. The SMILES string of the molecule is CCNC(=O)N1CCC[C@@H](Oc2ncc(Br)cn2)C1. The molecule has 0 aliphatic carbocycles. The van der Waals surface area contributed by atoms with E-state index in [1.807, 2.05) is 6.92 Å². The molecule has 7 heteroatoms. The number of piperidine rings is 1. The van der Waals surface area contributed by atoms with Crippen molar-refractivity contribution in [1.29, 1.82) is 0 Å². The molecule has 104 valence electrons. The van der Waals surface area contributed by atoms with Crippen LogP contribution >= 0.6 is 15.9 Å². The number of ether oxygens (including phenoxy) is 1. The van der Waals surface area contributed by atoms with Gasteiger partial charge in [-0.1, -0.05) is 0 Å². The lowest BCUT2D eigenvalue weighted by atomic mass is 10.1. The summed E-state index contributed by atoms with van der Waals surface area (Å²) < 4.78 is 6.52. The number of nitrogens with zero attached hydrogens (tertiary/aromatic N) is 3. The summed E-state index contributed by atoms with van der Waals surface area (Å²) in [6.07, 6.45) is 5.09. The first-order valence-corrected chi connectivity index (χ1v) is 7.15. The van der Waals surface area contributed by atoms with E-state index in [1.54, 1.807) is 17.3 Å². The number of nitrogens with one attached hydrogen (secondary N) is 1. The van der Waals surface area contributed by atoms with Crippen LogP contribution in [-0.4, -0.2) is 46.6 Å². The Hall–Kier alpha value is -1.37. The van der Waals surface area contributed by atoms with Crippen molar-refractivity contribution in [2.75, 3.05) is 19.6 Å². The summed E-state index contributed by atoms with van der Waals surface area (Å²) >= 11 is 3.27. The number of aromatic nitrogens is 2. The quantitative estimate of drug-likeness (QED) is 0.918. The van der Waals surface area contributed by atoms with Gasteiger partial charge in [0.05, 0.1) is 11.0 Å². The van der Waals surface area contributed by atoms with Crippen molar-refractivity contribution in [2.24, 2.45) is 0 Å². The first kappa shape index (κ1) is 14.0. The van der Waals surface area contributed by atoms with Crippen molar-refractivity contribution < 1.29 is 9.53 Å². The van der Waals surface area contributed by atoms with Crippen LogP contribution in [-0.2, 0) is 0 Å². The van der Waals surface area contributed by atoms with Crippen molar-refractivity contribution in [3.05, 3.63) is 16.9 Å². The summed E-state index contributed by atoms with van der Waals surface area (Å²) in [5.74, 6) is 0. The average Bonchev–Trinajstić information content (AvgIpc) is 2.42. The Bertz CT molecular complexity index is 426. The second-order valence-electron chi connectivity index (χ2n) is 4.35. The Morgan fingerprint density at radius 1 is 1.58 bits per heavy atom. The number of halogens is 1. The van der Waals surface area contributed by atoms with E-state index in [9.17, 15) is 4.79 Å². The van der Waals surface area contributed by atoms with Crippen LogP contribution in [0.15, 0.2) is 16.9 Å². The second kappa shape index (κ2) is 6.70. The molecule has 0 aromatic carbocycles. The van der Waals surface area contributed by atoms with Crippen molar-refractivity contribution in [1.82, 2.24) is 20.2 Å². The number of hydrogen-bond donors (Lipinski definition) is 1. The van der Waals surface area contributed by atoms with E-state index >= 15 is 0 Å². The Kier molecular flexibility index (Phi) is 4.95. The molecular formula is C12H17BrN4O2. The minimum absolute atomic E-state index is 0.0347. The minimum Gasteiger partial charge on any atom is -0.458 e. The summed E-state index contributed by atoms with van der Waals surface area (Å²) in [7, 11) is 0. The Morgan fingerprint density at radius 3 is 3.00 bits per heavy atom. The fourth-order valence-electron chi connectivity index (χ4n) is 1.99. The monoisotopic (exact) mass is 328 g/mol. The number of hydrogen-bond acceptors (Lipinski definition) is 4. The largest absolute Gasteiger partial charge is 0.458 e. The van der Waals surface area contributed by atoms with Gasteiger partial charge in [0, 0.05) is 25.5 Å². The zero-order valence-corrected chi connectivity index (χ0v) is 12.4. The van der Waals surface area contributed by atoms with E-state index < -0.39 is 0 Å². The van der Waals surface area contributed by atoms with Crippen LogP contribution in [0.2, 0.25) is 0 Å². The first-order valence-electron chi connectivity index (χ1n) is 6.36. The molecule has 0 bridgehead atoms. The molecule has 0 spiro atoms. The van der Waals surface area contributed by atoms with Crippen molar-refractivity contribution in [2.45, 2.75) is 25.9 Å². The molecule has 2 heterocycles. The van der Waals surface area contributed by atoms with Gasteiger partial charge in [-0.15, -0.1) is 0 Å². The lowest BCUT2D eigenvalue weighted by Crippen LogP contribution is -2.48. The van der Waals surface area contributed by atoms with Crippen LogP contribution in [0.3, 0.4) is 0 Å². The van der Waals surface area contributed by atoms with Gasteiger partial charge in [-0.3, -0.25) is 0 Å². The van der Waals surface area contributed by atoms with Gasteiger partial charge in [0.2, 0.25) is 0 Å². The van der Waals surface area contributed by atoms with Crippen LogP contribution in [0.4, 0.5) is 4.79 Å². The highest BCUT2D eigenvalue weighted by atomic mass is 79.9. The van der Waals surface area contributed by atoms with E-state index in [4.69, 9.17) is 4.74 Å². The number of amides is 2. The molecule has 1 fully saturated rings. The molecule has 1 atom stereocenters. The summed E-state index contributed by atoms with van der Waals surface area (Å²) in [5.41, 5.74) is 0. The molecule has 1 aliphatic heterocycles. The van der Waals surface area contributed by atoms with Crippen LogP contribution in [0.1, 0.15) is 19.8 Å². The number of urea groups is 1. The fraction of sp³-hybridized carbons (Fsp3) is 0.583. The Morgan fingerprint density at radius 2 is 2.32 bits per heavy atom. The number of carbonyl (C=O) groups is 1. The molecule has 1 N–H and O–H groups in total. The van der Waals surface area contributed by atoms with E-state index in [-0.39, 0.29) is 12.1 Å². The van der Waals surface area contributed by atoms with Gasteiger partial charge in [-0.25, -0.2) is 14.8 Å². The number of carbonyl (C=O) groups excluding carboxylic acids is 1. The maximum absolute atomic E-state index is 11.8.